The Labute approximate surface area is 149 Å². The highest BCUT2D eigenvalue weighted by atomic mass is 35.5. The molecule has 0 bridgehead atoms. The molecule has 0 fully saturated rings. The minimum absolute atomic E-state index is 0.480. The molecule has 0 atom stereocenters. The van der Waals surface area contributed by atoms with Gasteiger partial charge in [-0.1, -0.05) is 17.7 Å². The van der Waals surface area contributed by atoms with E-state index < -0.39 is 0 Å². The van der Waals surface area contributed by atoms with Gasteiger partial charge in [0.2, 0.25) is 11.9 Å². The monoisotopic (exact) mass is 350 g/mol. The molecule has 7 heteroatoms. The minimum Gasteiger partial charge on any atom is -0.361 e. The number of aromatic amines is 1. The van der Waals surface area contributed by atoms with Crippen molar-refractivity contribution in [2.24, 2.45) is 0 Å². The molecule has 0 aliphatic rings. The Balaban J connectivity index is 1.60. The van der Waals surface area contributed by atoms with E-state index in [4.69, 9.17) is 11.6 Å². The van der Waals surface area contributed by atoms with Crippen LogP contribution in [0.15, 0.2) is 61.1 Å². The molecule has 4 rings (SSSR count). The van der Waals surface area contributed by atoms with Gasteiger partial charge in [-0.15, -0.1) is 0 Å². The van der Waals surface area contributed by atoms with Crippen molar-refractivity contribution in [3.05, 3.63) is 66.1 Å². The Hall–Kier alpha value is -3.12. The molecule has 2 aromatic heterocycles. The van der Waals surface area contributed by atoms with Crippen molar-refractivity contribution in [3.63, 3.8) is 0 Å². The summed E-state index contributed by atoms with van der Waals surface area (Å²) in [6, 6.07) is 15.6. The Morgan fingerprint density at radius 3 is 2.88 bits per heavy atom. The van der Waals surface area contributed by atoms with Crippen LogP contribution in [-0.2, 0) is 0 Å². The number of nitrogens with zero attached hydrogens (tertiary/aromatic N) is 4. The van der Waals surface area contributed by atoms with Gasteiger partial charge >= 0.3 is 0 Å². The molecule has 124 valence electrons. The zero-order valence-electron chi connectivity index (χ0n) is 13.4. The molecular formula is C18H15ClN6. The van der Waals surface area contributed by atoms with Gasteiger partial charge in [0.05, 0.1) is 0 Å². The van der Waals surface area contributed by atoms with Crippen LogP contribution in [-0.4, -0.2) is 27.0 Å². The number of anilines is 4. The number of nitrogens with one attached hydrogen (secondary N) is 2. The van der Waals surface area contributed by atoms with Gasteiger partial charge in [0.1, 0.15) is 6.33 Å². The van der Waals surface area contributed by atoms with E-state index >= 15 is 0 Å². The van der Waals surface area contributed by atoms with Gasteiger partial charge in [-0.2, -0.15) is 4.98 Å². The van der Waals surface area contributed by atoms with Crippen LogP contribution in [0.5, 0.6) is 0 Å². The number of fused-ring (bicyclic) bond motifs is 1. The van der Waals surface area contributed by atoms with Gasteiger partial charge in [-0.05, 0) is 42.5 Å². The van der Waals surface area contributed by atoms with E-state index in [0.29, 0.717) is 16.9 Å². The second-order valence-corrected chi connectivity index (χ2v) is 5.99. The smallest absolute Gasteiger partial charge is 0.234 e. The second-order valence-electron chi connectivity index (χ2n) is 5.55. The zero-order chi connectivity index (χ0) is 17.2. The van der Waals surface area contributed by atoms with Gasteiger partial charge in [0.25, 0.3) is 0 Å². The molecule has 0 saturated carbocycles. The van der Waals surface area contributed by atoms with E-state index in [0.717, 1.165) is 22.3 Å². The van der Waals surface area contributed by atoms with Crippen molar-refractivity contribution in [2.75, 3.05) is 17.3 Å². The van der Waals surface area contributed by atoms with Gasteiger partial charge in [0.15, 0.2) is 0 Å². The van der Waals surface area contributed by atoms with Crippen LogP contribution in [0.3, 0.4) is 0 Å². The fourth-order valence-electron chi connectivity index (χ4n) is 2.57. The first-order chi connectivity index (χ1) is 12.2. The fraction of sp³-hybridized carbons (Fsp3) is 0.0556. The Bertz CT molecular complexity index is 1030. The molecule has 0 unspecified atom stereocenters. The molecule has 6 nitrogen and oxygen atoms in total. The molecule has 0 amide bonds. The van der Waals surface area contributed by atoms with E-state index in [1.807, 2.05) is 66.7 Å². The molecule has 0 aliphatic carbocycles. The molecule has 2 N–H and O–H groups in total. The summed E-state index contributed by atoms with van der Waals surface area (Å²) in [5.41, 5.74) is 2.90. The molecular weight excluding hydrogens is 336 g/mol. The summed E-state index contributed by atoms with van der Waals surface area (Å²) in [7, 11) is 1.89. The summed E-state index contributed by atoms with van der Waals surface area (Å²) in [6.07, 6.45) is 3.40. The fourth-order valence-corrected chi connectivity index (χ4v) is 2.75. The molecule has 2 heterocycles. The van der Waals surface area contributed by atoms with Crippen LogP contribution in [0.4, 0.5) is 23.3 Å². The van der Waals surface area contributed by atoms with Crippen molar-refractivity contribution in [1.29, 1.82) is 0 Å². The van der Waals surface area contributed by atoms with Gasteiger partial charge in [-0.25, -0.2) is 9.97 Å². The number of hydrogen-bond acceptors (Lipinski definition) is 5. The predicted molar refractivity (Wildman–Crippen MR) is 101 cm³/mol. The number of benzene rings is 2. The third-order valence-electron chi connectivity index (χ3n) is 3.86. The Morgan fingerprint density at radius 1 is 1.08 bits per heavy atom. The van der Waals surface area contributed by atoms with Crippen LogP contribution in [0.25, 0.3) is 10.9 Å². The first-order valence-corrected chi connectivity index (χ1v) is 8.09. The average molecular weight is 351 g/mol. The minimum atomic E-state index is 0.480. The maximum Gasteiger partial charge on any atom is 0.234 e. The molecule has 0 radical (unpaired) electrons. The molecule has 25 heavy (non-hydrogen) atoms. The third kappa shape index (κ3) is 3.25. The summed E-state index contributed by atoms with van der Waals surface area (Å²) in [4.78, 5) is 18.0. The molecule has 2 aromatic carbocycles. The quantitative estimate of drug-likeness (QED) is 0.566. The Morgan fingerprint density at radius 2 is 2.00 bits per heavy atom. The van der Waals surface area contributed by atoms with E-state index in [2.05, 4.69) is 25.3 Å². The summed E-state index contributed by atoms with van der Waals surface area (Å²) in [6.45, 7) is 0. The van der Waals surface area contributed by atoms with Crippen LogP contribution in [0.1, 0.15) is 0 Å². The van der Waals surface area contributed by atoms with Crippen molar-refractivity contribution in [2.45, 2.75) is 0 Å². The topological polar surface area (TPSA) is 69.7 Å². The summed E-state index contributed by atoms with van der Waals surface area (Å²) >= 11 is 6.06. The summed E-state index contributed by atoms with van der Waals surface area (Å²) in [5, 5.41) is 5.00. The first kappa shape index (κ1) is 15.4. The maximum absolute atomic E-state index is 6.06. The number of rotatable bonds is 4. The number of H-pyrrole nitrogens is 1. The molecule has 0 saturated heterocycles. The summed E-state index contributed by atoms with van der Waals surface area (Å²) in [5.74, 6) is 1.01. The van der Waals surface area contributed by atoms with Crippen molar-refractivity contribution in [1.82, 2.24) is 19.9 Å². The van der Waals surface area contributed by atoms with E-state index in [1.165, 1.54) is 6.33 Å². The van der Waals surface area contributed by atoms with Crippen LogP contribution in [0, 0.1) is 0 Å². The van der Waals surface area contributed by atoms with Gasteiger partial charge in [-0.3, -0.25) is 0 Å². The lowest BCUT2D eigenvalue weighted by Gasteiger charge is -2.17. The van der Waals surface area contributed by atoms with Crippen molar-refractivity contribution < 1.29 is 0 Å². The molecule has 0 spiro atoms. The predicted octanol–water partition coefficient (Wildman–Crippen LogP) is 4.52. The van der Waals surface area contributed by atoms with Gasteiger partial charge in [0, 0.05) is 40.5 Å². The highest BCUT2D eigenvalue weighted by Crippen LogP contribution is 2.24. The van der Waals surface area contributed by atoms with Crippen molar-refractivity contribution >= 4 is 45.8 Å². The highest BCUT2D eigenvalue weighted by molar-refractivity contribution is 6.30. The zero-order valence-corrected chi connectivity index (χ0v) is 14.2. The lowest BCUT2D eigenvalue weighted by molar-refractivity contribution is 0.991. The Kier molecular flexibility index (Phi) is 3.95. The number of halogens is 1. The number of aromatic nitrogens is 4. The van der Waals surface area contributed by atoms with Crippen molar-refractivity contribution in [3.8, 4) is 0 Å². The largest absolute Gasteiger partial charge is 0.361 e. The lowest BCUT2D eigenvalue weighted by Crippen LogP contribution is -2.14. The average Bonchev–Trinajstić information content (AvgIpc) is 3.09. The van der Waals surface area contributed by atoms with Crippen LogP contribution >= 0.6 is 11.6 Å². The second kappa shape index (κ2) is 6.41. The normalized spacial score (nSPS) is 10.8. The lowest BCUT2D eigenvalue weighted by atomic mass is 10.2. The molecule has 4 aromatic rings. The first-order valence-electron chi connectivity index (χ1n) is 7.71. The third-order valence-corrected chi connectivity index (χ3v) is 4.10. The maximum atomic E-state index is 6.06. The van der Waals surface area contributed by atoms with E-state index in [1.54, 1.807) is 0 Å². The van der Waals surface area contributed by atoms with Crippen LogP contribution < -0.4 is 10.2 Å². The van der Waals surface area contributed by atoms with E-state index in [-0.39, 0.29) is 0 Å². The van der Waals surface area contributed by atoms with E-state index in [9.17, 15) is 0 Å². The standard InChI is InChI=1S/C18H15ClN6/c1-25(15-4-2-3-13(19)10-15)18-22-11-21-17(24-18)23-14-5-6-16-12(9-14)7-8-20-16/h2-11,20H,1H3,(H,21,22,23,24). The van der Waals surface area contributed by atoms with Crippen LogP contribution in [0.2, 0.25) is 5.02 Å². The SMILES string of the molecule is CN(c1cccc(Cl)c1)c1ncnc(Nc2ccc3[nH]ccc3c2)n1. The summed E-state index contributed by atoms with van der Waals surface area (Å²) < 4.78 is 0. The van der Waals surface area contributed by atoms with Gasteiger partial charge < -0.3 is 15.2 Å². The highest BCUT2D eigenvalue weighted by Gasteiger charge is 2.09. The molecule has 0 aliphatic heterocycles. The number of hydrogen-bond donors (Lipinski definition) is 2.